The summed E-state index contributed by atoms with van der Waals surface area (Å²) in [5.74, 6) is -0.159. The predicted molar refractivity (Wildman–Crippen MR) is 116 cm³/mol. The van der Waals surface area contributed by atoms with Crippen molar-refractivity contribution in [1.82, 2.24) is 0 Å². The summed E-state index contributed by atoms with van der Waals surface area (Å²) >= 11 is 5.99. The van der Waals surface area contributed by atoms with Gasteiger partial charge in [-0.3, -0.25) is 0 Å². The molecule has 146 valence electrons. The summed E-state index contributed by atoms with van der Waals surface area (Å²) in [4.78, 5) is 12.4. The standard InChI is InChI=1S/C25H22ClNO2/c1-2-3-4-6-18-7-5-8-21(15-18)19-9-11-20(12-10-19)25(28)29-23-14-13-22(17-27)24(26)16-23/h5,7-16H,2-4,6H2,1H3. The molecular weight excluding hydrogens is 382 g/mol. The molecule has 0 aromatic heterocycles. The number of rotatable bonds is 7. The Kier molecular flexibility index (Phi) is 7.05. The fourth-order valence-electron chi connectivity index (χ4n) is 3.10. The number of nitrogens with zero attached hydrogens (tertiary/aromatic N) is 1. The summed E-state index contributed by atoms with van der Waals surface area (Å²) in [5.41, 5.74) is 4.32. The lowest BCUT2D eigenvalue weighted by Crippen LogP contribution is -2.08. The number of nitriles is 1. The van der Waals surface area contributed by atoms with E-state index >= 15 is 0 Å². The van der Waals surface area contributed by atoms with Gasteiger partial charge >= 0.3 is 5.97 Å². The van der Waals surface area contributed by atoms with E-state index in [2.05, 4.69) is 31.2 Å². The molecule has 0 fully saturated rings. The number of hydrogen-bond donors (Lipinski definition) is 0. The minimum absolute atomic E-state index is 0.256. The van der Waals surface area contributed by atoms with E-state index in [0.717, 1.165) is 17.5 Å². The molecule has 3 aromatic carbocycles. The van der Waals surface area contributed by atoms with Crippen LogP contribution in [0, 0.1) is 11.3 Å². The Hall–Kier alpha value is -3.09. The first kappa shape index (κ1) is 20.6. The summed E-state index contributed by atoms with van der Waals surface area (Å²) in [7, 11) is 0. The van der Waals surface area contributed by atoms with Crippen LogP contribution < -0.4 is 4.74 Å². The molecule has 4 heteroatoms. The topological polar surface area (TPSA) is 50.1 Å². The molecular formula is C25H22ClNO2. The smallest absolute Gasteiger partial charge is 0.343 e. The molecule has 0 spiro atoms. The van der Waals surface area contributed by atoms with E-state index in [0.29, 0.717) is 16.9 Å². The van der Waals surface area contributed by atoms with Crippen molar-refractivity contribution in [3.05, 3.63) is 88.4 Å². The van der Waals surface area contributed by atoms with Gasteiger partial charge in [-0.1, -0.05) is 67.8 Å². The van der Waals surface area contributed by atoms with E-state index in [4.69, 9.17) is 21.6 Å². The Morgan fingerprint density at radius 1 is 1.00 bits per heavy atom. The Balaban J connectivity index is 1.70. The zero-order valence-corrected chi connectivity index (χ0v) is 17.1. The highest BCUT2D eigenvalue weighted by Crippen LogP contribution is 2.24. The second kappa shape index (κ2) is 9.91. The van der Waals surface area contributed by atoms with E-state index in [9.17, 15) is 4.79 Å². The van der Waals surface area contributed by atoms with Crippen molar-refractivity contribution in [2.45, 2.75) is 32.6 Å². The summed E-state index contributed by atoms with van der Waals surface area (Å²) in [6.45, 7) is 2.21. The molecule has 0 heterocycles. The monoisotopic (exact) mass is 403 g/mol. The summed E-state index contributed by atoms with van der Waals surface area (Å²) < 4.78 is 5.37. The number of carbonyl (C=O) groups is 1. The van der Waals surface area contributed by atoms with Crippen LogP contribution in [0.2, 0.25) is 5.02 Å². The Morgan fingerprint density at radius 3 is 2.48 bits per heavy atom. The van der Waals surface area contributed by atoms with E-state index in [1.165, 1.54) is 37.0 Å². The number of unbranched alkanes of at least 4 members (excludes halogenated alkanes) is 2. The van der Waals surface area contributed by atoms with Crippen LogP contribution in [-0.2, 0) is 6.42 Å². The first-order chi connectivity index (χ1) is 14.1. The van der Waals surface area contributed by atoms with E-state index in [1.54, 1.807) is 18.2 Å². The highest BCUT2D eigenvalue weighted by Gasteiger charge is 2.11. The van der Waals surface area contributed by atoms with Gasteiger partial charge in [0.2, 0.25) is 0 Å². The predicted octanol–water partition coefficient (Wildman–Crippen LogP) is 6.83. The summed E-state index contributed by atoms with van der Waals surface area (Å²) in [6, 6.07) is 22.4. The molecule has 3 rings (SSSR count). The van der Waals surface area contributed by atoms with Crippen LogP contribution >= 0.6 is 11.6 Å². The minimum Gasteiger partial charge on any atom is -0.423 e. The maximum Gasteiger partial charge on any atom is 0.343 e. The largest absolute Gasteiger partial charge is 0.423 e. The number of carbonyl (C=O) groups excluding carboxylic acids is 1. The zero-order valence-electron chi connectivity index (χ0n) is 16.3. The molecule has 3 aromatic rings. The van der Waals surface area contributed by atoms with Crippen molar-refractivity contribution >= 4 is 17.6 Å². The normalized spacial score (nSPS) is 10.4. The zero-order chi connectivity index (χ0) is 20.6. The third-order valence-corrected chi connectivity index (χ3v) is 5.03. The van der Waals surface area contributed by atoms with Gasteiger partial charge in [-0.15, -0.1) is 0 Å². The molecule has 0 aliphatic carbocycles. The van der Waals surface area contributed by atoms with Gasteiger partial charge in [-0.25, -0.2) is 4.79 Å². The van der Waals surface area contributed by atoms with Crippen molar-refractivity contribution in [3.8, 4) is 22.9 Å². The molecule has 29 heavy (non-hydrogen) atoms. The third kappa shape index (κ3) is 5.47. The lowest BCUT2D eigenvalue weighted by Gasteiger charge is -2.08. The van der Waals surface area contributed by atoms with Crippen molar-refractivity contribution < 1.29 is 9.53 Å². The van der Waals surface area contributed by atoms with Gasteiger partial charge in [0.15, 0.2) is 0 Å². The Labute approximate surface area is 176 Å². The molecule has 3 nitrogen and oxygen atoms in total. The van der Waals surface area contributed by atoms with Gasteiger partial charge in [0, 0.05) is 6.07 Å². The summed E-state index contributed by atoms with van der Waals surface area (Å²) in [6.07, 6.45) is 4.74. The summed E-state index contributed by atoms with van der Waals surface area (Å²) in [5, 5.41) is 9.17. The fourth-order valence-corrected chi connectivity index (χ4v) is 3.31. The average Bonchev–Trinajstić information content (AvgIpc) is 2.74. The van der Waals surface area contributed by atoms with Gasteiger partial charge in [-0.2, -0.15) is 5.26 Å². The Bertz CT molecular complexity index is 1040. The molecule has 0 N–H and O–H groups in total. The second-order valence-electron chi connectivity index (χ2n) is 6.88. The lowest BCUT2D eigenvalue weighted by molar-refractivity contribution is 0.0735. The maximum absolute atomic E-state index is 12.4. The highest BCUT2D eigenvalue weighted by molar-refractivity contribution is 6.31. The van der Waals surface area contributed by atoms with E-state index in [1.807, 2.05) is 18.2 Å². The van der Waals surface area contributed by atoms with Gasteiger partial charge in [0.25, 0.3) is 0 Å². The van der Waals surface area contributed by atoms with Crippen LogP contribution in [0.3, 0.4) is 0 Å². The van der Waals surface area contributed by atoms with Crippen LogP contribution in [0.25, 0.3) is 11.1 Å². The average molecular weight is 404 g/mol. The second-order valence-corrected chi connectivity index (χ2v) is 7.29. The van der Waals surface area contributed by atoms with Crippen LogP contribution in [-0.4, -0.2) is 5.97 Å². The number of hydrogen-bond acceptors (Lipinski definition) is 3. The number of ether oxygens (including phenoxy) is 1. The first-order valence-corrected chi connectivity index (χ1v) is 10.1. The third-order valence-electron chi connectivity index (χ3n) is 4.72. The number of aryl methyl sites for hydroxylation is 1. The van der Waals surface area contributed by atoms with Gasteiger partial charge in [0.05, 0.1) is 16.1 Å². The first-order valence-electron chi connectivity index (χ1n) is 9.72. The molecule has 0 aliphatic rings. The molecule has 0 saturated carbocycles. The molecule has 0 bridgehead atoms. The molecule has 0 atom stereocenters. The molecule has 0 amide bonds. The van der Waals surface area contributed by atoms with Crippen LogP contribution in [0.1, 0.15) is 47.7 Å². The van der Waals surface area contributed by atoms with Crippen molar-refractivity contribution in [3.63, 3.8) is 0 Å². The van der Waals surface area contributed by atoms with Crippen molar-refractivity contribution in [2.75, 3.05) is 0 Å². The molecule has 0 saturated heterocycles. The van der Waals surface area contributed by atoms with Crippen molar-refractivity contribution in [2.24, 2.45) is 0 Å². The van der Waals surface area contributed by atoms with Crippen molar-refractivity contribution in [1.29, 1.82) is 5.26 Å². The SMILES string of the molecule is CCCCCc1cccc(-c2ccc(C(=O)Oc3ccc(C#N)c(Cl)c3)cc2)c1. The molecule has 0 unspecified atom stereocenters. The van der Waals surface area contributed by atoms with Crippen LogP contribution in [0.4, 0.5) is 0 Å². The van der Waals surface area contributed by atoms with Crippen LogP contribution in [0.15, 0.2) is 66.7 Å². The van der Waals surface area contributed by atoms with Gasteiger partial charge in [0.1, 0.15) is 11.8 Å². The fraction of sp³-hybridized carbons (Fsp3) is 0.200. The van der Waals surface area contributed by atoms with E-state index in [-0.39, 0.29) is 5.02 Å². The molecule has 0 aliphatic heterocycles. The number of esters is 1. The highest BCUT2D eigenvalue weighted by atomic mass is 35.5. The van der Waals surface area contributed by atoms with E-state index < -0.39 is 5.97 Å². The van der Waals surface area contributed by atoms with Crippen LogP contribution in [0.5, 0.6) is 5.75 Å². The Morgan fingerprint density at radius 2 is 1.79 bits per heavy atom. The molecule has 0 radical (unpaired) electrons. The lowest BCUT2D eigenvalue weighted by atomic mass is 9.99. The van der Waals surface area contributed by atoms with Gasteiger partial charge in [-0.05, 0) is 53.8 Å². The minimum atomic E-state index is -0.467. The van der Waals surface area contributed by atoms with Gasteiger partial charge < -0.3 is 4.74 Å². The quantitative estimate of drug-likeness (QED) is 0.247. The maximum atomic E-state index is 12.4. The number of benzene rings is 3. The number of halogens is 1.